The van der Waals surface area contributed by atoms with Crippen molar-refractivity contribution in [3.63, 3.8) is 0 Å². The van der Waals surface area contributed by atoms with Gasteiger partial charge in [-0.15, -0.1) is 0 Å². The first-order valence-electron chi connectivity index (χ1n) is 7.77. The number of benzene rings is 1. The van der Waals surface area contributed by atoms with Crippen LogP contribution >= 0.6 is 0 Å². The first-order chi connectivity index (χ1) is 10.2. The van der Waals surface area contributed by atoms with E-state index < -0.39 is 11.9 Å². The highest BCUT2D eigenvalue weighted by Crippen LogP contribution is 2.24. The van der Waals surface area contributed by atoms with Crippen molar-refractivity contribution in [3.05, 3.63) is 35.9 Å². The van der Waals surface area contributed by atoms with Crippen LogP contribution in [0.1, 0.15) is 25.8 Å². The van der Waals surface area contributed by atoms with Gasteiger partial charge in [0.2, 0.25) is 0 Å². The molecule has 1 aromatic rings. The van der Waals surface area contributed by atoms with Gasteiger partial charge in [-0.3, -0.25) is 9.69 Å². The van der Waals surface area contributed by atoms with Crippen molar-refractivity contribution in [2.45, 2.75) is 38.8 Å². The first-order valence-corrected chi connectivity index (χ1v) is 7.77. The summed E-state index contributed by atoms with van der Waals surface area (Å²) in [6, 6.07) is 10.7. The van der Waals surface area contributed by atoms with E-state index in [9.17, 15) is 9.90 Å². The molecule has 1 fully saturated rings. The maximum atomic E-state index is 11.4. The van der Waals surface area contributed by atoms with Gasteiger partial charge in [0.1, 0.15) is 0 Å². The Kier molecular flexibility index (Phi) is 5.76. The SMILES string of the molecule is CCC(Cc1ccccc1)N(CC)C1COCC1C(=O)O. The molecule has 0 aromatic heterocycles. The van der Waals surface area contributed by atoms with Gasteiger partial charge in [0, 0.05) is 12.1 Å². The van der Waals surface area contributed by atoms with E-state index >= 15 is 0 Å². The van der Waals surface area contributed by atoms with Gasteiger partial charge in [-0.1, -0.05) is 44.2 Å². The van der Waals surface area contributed by atoms with Crippen LogP contribution in [0.4, 0.5) is 0 Å². The largest absolute Gasteiger partial charge is 0.481 e. The summed E-state index contributed by atoms with van der Waals surface area (Å²) in [5.41, 5.74) is 1.30. The summed E-state index contributed by atoms with van der Waals surface area (Å²) >= 11 is 0. The quantitative estimate of drug-likeness (QED) is 0.838. The maximum Gasteiger partial charge on any atom is 0.310 e. The van der Waals surface area contributed by atoms with Crippen molar-refractivity contribution in [2.24, 2.45) is 5.92 Å². The summed E-state index contributed by atoms with van der Waals surface area (Å²) in [7, 11) is 0. The molecule has 3 unspecified atom stereocenters. The second-order valence-corrected chi connectivity index (χ2v) is 5.63. The summed E-state index contributed by atoms with van der Waals surface area (Å²) in [4.78, 5) is 13.7. The van der Waals surface area contributed by atoms with E-state index in [-0.39, 0.29) is 6.04 Å². The molecule has 0 aliphatic carbocycles. The summed E-state index contributed by atoms with van der Waals surface area (Å²) in [5.74, 6) is -1.15. The summed E-state index contributed by atoms with van der Waals surface area (Å²) in [6.07, 6.45) is 1.96. The Morgan fingerprint density at radius 1 is 1.33 bits per heavy atom. The Bertz CT molecular complexity index is 449. The van der Waals surface area contributed by atoms with Crippen molar-refractivity contribution in [2.75, 3.05) is 19.8 Å². The lowest BCUT2D eigenvalue weighted by molar-refractivity contribution is -0.143. The molecule has 2 rings (SSSR count). The first kappa shape index (κ1) is 16.0. The molecular weight excluding hydrogens is 266 g/mol. The molecule has 1 aromatic carbocycles. The maximum absolute atomic E-state index is 11.4. The average molecular weight is 291 g/mol. The highest BCUT2D eigenvalue weighted by molar-refractivity contribution is 5.71. The fourth-order valence-corrected chi connectivity index (χ4v) is 3.25. The van der Waals surface area contributed by atoms with Gasteiger partial charge in [-0.25, -0.2) is 0 Å². The van der Waals surface area contributed by atoms with Crippen LogP contribution in [0.3, 0.4) is 0 Å². The van der Waals surface area contributed by atoms with Crippen LogP contribution in [-0.4, -0.2) is 47.8 Å². The third-order valence-electron chi connectivity index (χ3n) is 4.41. The minimum atomic E-state index is -0.745. The normalized spacial score (nSPS) is 23.4. The van der Waals surface area contributed by atoms with Crippen LogP contribution in [0.5, 0.6) is 0 Å². The van der Waals surface area contributed by atoms with Crippen molar-refractivity contribution < 1.29 is 14.6 Å². The van der Waals surface area contributed by atoms with Crippen molar-refractivity contribution >= 4 is 5.97 Å². The molecule has 1 heterocycles. The molecule has 0 radical (unpaired) electrons. The zero-order valence-corrected chi connectivity index (χ0v) is 12.9. The second-order valence-electron chi connectivity index (χ2n) is 5.63. The highest BCUT2D eigenvalue weighted by atomic mass is 16.5. The van der Waals surface area contributed by atoms with Crippen LogP contribution in [0.2, 0.25) is 0 Å². The molecule has 1 saturated heterocycles. The zero-order chi connectivity index (χ0) is 15.2. The Balaban J connectivity index is 2.11. The van der Waals surface area contributed by atoms with Crippen LogP contribution in [0.15, 0.2) is 30.3 Å². The number of hydrogen-bond acceptors (Lipinski definition) is 3. The molecule has 0 saturated carbocycles. The van der Waals surface area contributed by atoms with E-state index in [1.807, 2.05) is 6.07 Å². The molecule has 1 aliphatic heterocycles. The van der Waals surface area contributed by atoms with Crippen LogP contribution < -0.4 is 0 Å². The molecule has 0 amide bonds. The fraction of sp³-hybridized carbons (Fsp3) is 0.588. The van der Waals surface area contributed by atoms with E-state index in [1.165, 1.54) is 5.56 Å². The topological polar surface area (TPSA) is 49.8 Å². The summed E-state index contributed by atoms with van der Waals surface area (Å²) in [6.45, 7) is 5.98. The van der Waals surface area contributed by atoms with E-state index in [4.69, 9.17) is 4.74 Å². The monoisotopic (exact) mass is 291 g/mol. The van der Waals surface area contributed by atoms with Crippen LogP contribution in [0.25, 0.3) is 0 Å². The van der Waals surface area contributed by atoms with Crippen molar-refractivity contribution in [3.8, 4) is 0 Å². The molecule has 21 heavy (non-hydrogen) atoms. The third kappa shape index (κ3) is 3.83. The number of nitrogens with zero attached hydrogens (tertiary/aromatic N) is 1. The predicted octanol–water partition coefficient (Wildman–Crippen LogP) is 2.43. The van der Waals surface area contributed by atoms with Gasteiger partial charge in [-0.2, -0.15) is 0 Å². The van der Waals surface area contributed by atoms with Crippen LogP contribution in [0, 0.1) is 5.92 Å². The van der Waals surface area contributed by atoms with Gasteiger partial charge in [0.25, 0.3) is 0 Å². The standard InChI is InChI=1S/C17H25NO3/c1-3-14(10-13-8-6-5-7-9-13)18(4-2)16-12-21-11-15(16)17(19)20/h5-9,14-16H,3-4,10-12H2,1-2H3,(H,19,20). The fourth-order valence-electron chi connectivity index (χ4n) is 3.25. The average Bonchev–Trinajstić information content (AvgIpc) is 2.97. The zero-order valence-electron chi connectivity index (χ0n) is 12.9. The number of aliphatic carboxylic acids is 1. The molecule has 1 aliphatic rings. The molecule has 1 N–H and O–H groups in total. The molecule has 4 nitrogen and oxygen atoms in total. The lowest BCUT2D eigenvalue weighted by Gasteiger charge is -2.36. The number of likely N-dealkylation sites (N-methyl/N-ethyl adjacent to an activating group) is 1. The molecule has 0 bridgehead atoms. The van der Waals surface area contributed by atoms with E-state index in [0.29, 0.717) is 19.3 Å². The smallest absolute Gasteiger partial charge is 0.310 e. The highest BCUT2D eigenvalue weighted by Gasteiger charge is 2.39. The molecule has 0 spiro atoms. The van der Waals surface area contributed by atoms with Crippen molar-refractivity contribution in [1.82, 2.24) is 4.90 Å². The number of hydrogen-bond donors (Lipinski definition) is 1. The minimum absolute atomic E-state index is 0.0128. The third-order valence-corrected chi connectivity index (χ3v) is 4.41. The van der Waals surface area contributed by atoms with E-state index in [1.54, 1.807) is 0 Å². The van der Waals surface area contributed by atoms with Gasteiger partial charge in [0.15, 0.2) is 0 Å². The van der Waals surface area contributed by atoms with Gasteiger partial charge < -0.3 is 9.84 Å². The Morgan fingerprint density at radius 2 is 2.05 bits per heavy atom. The van der Waals surface area contributed by atoms with Crippen molar-refractivity contribution in [1.29, 1.82) is 0 Å². The lowest BCUT2D eigenvalue weighted by Crippen LogP contribution is -2.49. The summed E-state index contributed by atoms with van der Waals surface area (Å²) < 4.78 is 5.44. The lowest BCUT2D eigenvalue weighted by atomic mass is 9.96. The Hall–Kier alpha value is -1.39. The number of carboxylic acid groups (broad SMARTS) is 1. The molecule has 4 heteroatoms. The van der Waals surface area contributed by atoms with Gasteiger partial charge in [-0.05, 0) is 24.9 Å². The molecule has 116 valence electrons. The van der Waals surface area contributed by atoms with Crippen LogP contribution in [-0.2, 0) is 16.0 Å². The molecule has 3 atom stereocenters. The second kappa shape index (κ2) is 7.57. The number of ether oxygens (including phenoxy) is 1. The Morgan fingerprint density at radius 3 is 2.62 bits per heavy atom. The van der Waals surface area contributed by atoms with E-state index in [2.05, 4.69) is 43.0 Å². The molecular formula is C17H25NO3. The van der Waals surface area contributed by atoms with E-state index in [0.717, 1.165) is 19.4 Å². The van der Waals surface area contributed by atoms with Gasteiger partial charge >= 0.3 is 5.97 Å². The predicted molar refractivity (Wildman–Crippen MR) is 82.3 cm³/mol. The summed E-state index contributed by atoms with van der Waals surface area (Å²) in [5, 5.41) is 9.37. The number of carbonyl (C=O) groups is 1. The number of rotatable bonds is 7. The Labute approximate surface area is 126 Å². The number of carboxylic acids is 1. The minimum Gasteiger partial charge on any atom is -0.481 e. The van der Waals surface area contributed by atoms with Gasteiger partial charge in [0.05, 0.1) is 19.1 Å².